The van der Waals surface area contributed by atoms with E-state index in [1.807, 2.05) is 48.5 Å². The molecular formula is C16H16OS. The Labute approximate surface area is 112 Å². The number of hydrogen-bond acceptors (Lipinski definition) is 2. The van der Waals surface area contributed by atoms with Crippen molar-refractivity contribution in [3.8, 4) is 0 Å². The summed E-state index contributed by atoms with van der Waals surface area (Å²) in [6, 6.07) is 20.1. The van der Waals surface area contributed by atoms with Crippen molar-refractivity contribution in [2.75, 3.05) is 5.75 Å². The topological polar surface area (TPSA) is 17.1 Å². The van der Waals surface area contributed by atoms with Gasteiger partial charge in [0.2, 0.25) is 0 Å². The fraction of sp³-hybridized carbons (Fsp3) is 0.188. The maximum atomic E-state index is 11.8. The van der Waals surface area contributed by atoms with E-state index < -0.39 is 0 Å². The van der Waals surface area contributed by atoms with Crippen LogP contribution in [0.2, 0.25) is 0 Å². The van der Waals surface area contributed by atoms with Crippen LogP contribution in [0.3, 0.4) is 0 Å². The third kappa shape index (κ3) is 4.38. The zero-order valence-corrected chi connectivity index (χ0v) is 11.0. The van der Waals surface area contributed by atoms with Gasteiger partial charge in [-0.25, -0.2) is 0 Å². The van der Waals surface area contributed by atoms with E-state index in [0.29, 0.717) is 18.6 Å². The van der Waals surface area contributed by atoms with E-state index >= 15 is 0 Å². The van der Waals surface area contributed by atoms with Crippen LogP contribution in [-0.4, -0.2) is 11.5 Å². The Morgan fingerprint density at radius 1 is 0.889 bits per heavy atom. The number of hydrogen-bond donors (Lipinski definition) is 0. The highest BCUT2D eigenvalue weighted by Crippen LogP contribution is 2.18. The molecule has 0 aromatic heterocycles. The van der Waals surface area contributed by atoms with Crippen molar-refractivity contribution < 1.29 is 4.79 Å². The first kappa shape index (κ1) is 12.9. The summed E-state index contributed by atoms with van der Waals surface area (Å²) in [6.07, 6.45) is 1.19. The molecule has 2 heteroatoms. The number of benzene rings is 2. The highest BCUT2D eigenvalue weighted by atomic mass is 32.2. The Kier molecular flexibility index (Phi) is 5.03. The minimum absolute atomic E-state index is 0.310. The lowest BCUT2D eigenvalue weighted by Crippen LogP contribution is -2.03. The van der Waals surface area contributed by atoms with Crippen LogP contribution < -0.4 is 0 Å². The van der Waals surface area contributed by atoms with Gasteiger partial charge in [-0.05, 0) is 17.7 Å². The standard InChI is InChI=1S/C16H16OS/c17-15(13-14-7-3-1-4-8-14)11-12-18-16-9-5-2-6-10-16/h1-10H,11-13H2. The second kappa shape index (κ2) is 7.02. The molecule has 0 fully saturated rings. The molecule has 0 aliphatic heterocycles. The van der Waals surface area contributed by atoms with Gasteiger partial charge in [0.1, 0.15) is 5.78 Å². The summed E-state index contributed by atoms with van der Waals surface area (Å²) in [5.74, 6) is 1.17. The van der Waals surface area contributed by atoms with Gasteiger partial charge in [-0.15, -0.1) is 11.8 Å². The first-order valence-corrected chi connectivity index (χ1v) is 7.06. The molecule has 0 bridgehead atoms. The number of carbonyl (C=O) groups is 1. The Hall–Kier alpha value is -1.54. The Balaban J connectivity index is 1.73. The molecule has 0 saturated heterocycles. The molecule has 0 unspecified atom stereocenters. The average molecular weight is 256 g/mol. The minimum atomic E-state index is 0.310. The zero-order chi connectivity index (χ0) is 12.6. The molecule has 0 aliphatic rings. The van der Waals surface area contributed by atoms with Gasteiger partial charge < -0.3 is 0 Å². The van der Waals surface area contributed by atoms with Crippen LogP contribution in [0.5, 0.6) is 0 Å². The van der Waals surface area contributed by atoms with Gasteiger partial charge in [0.05, 0.1) is 0 Å². The zero-order valence-electron chi connectivity index (χ0n) is 10.2. The Morgan fingerprint density at radius 3 is 2.17 bits per heavy atom. The first-order valence-electron chi connectivity index (χ1n) is 6.08. The largest absolute Gasteiger partial charge is 0.299 e. The molecule has 92 valence electrons. The number of rotatable bonds is 6. The van der Waals surface area contributed by atoms with Gasteiger partial charge in [0, 0.05) is 23.5 Å². The molecule has 0 radical (unpaired) electrons. The molecular weight excluding hydrogens is 240 g/mol. The molecule has 0 spiro atoms. The van der Waals surface area contributed by atoms with Gasteiger partial charge in [-0.3, -0.25) is 4.79 Å². The van der Waals surface area contributed by atoms with Crippen molar-refractivity contribution in [3.63, 3.8) is 0 Å². The smallest absolute Gasteiger partial charge is 0.138 e. The fourth-order valence-corrected chi connectivity index (χ4v) is 2.63. The van der Waals surface area contributed by atoms with E-state index in [2.05, 4.69) is 12.1 Å². The number of ketones is 1. The summed E-state index contributed by atoms with van der Waals surface area (Å²) in [5, 5.41) is 0. The molecule has 0 atom stereocenters. The molecule has 2 aromatic carbocycles. The summed E-state index contributed by atoms with van der Waals surface area (Å²) < 4.78 is 0. The number of thioether (sulfide) groups is 1. The molecule has 2 aromatic rings. The maximum absolute atomic E-state index is 11.8. The number of carbonyl (C=O) groups excluding carboxylic acids is 1. The van der Waals surface area contributed by atoms with E-state index in [1.165, 1.54) is 4.90 Å². The SMILES string of the molecule is O=C(CCSc1ccccc1)Cc1ccccc1. The summed E-state index contributed by atoms with van der Waals surface area (Å²) in [7, 11) is 0. The van der Waals surface area contributed by atoms with E-state index in [1.54, 1.807) is 11.8 Å². The molecule has 2 rings (SSSR count). The lowest BCUT2D eigenvalue weighted by Gasteiger charge is -2.02. The van der Waals surface area contributed by atoms with Crippen molar-refractivity contribution >= 4 is 17.5 Å². The maximum Gasteiger partial charge on any atom is 0.138 e. The van der Waals surface area contributed by atoms with Crippen LogP contribution in [0.1, 0.15) is 12.0 Å². The first-order chi connectivity index (χ1) is 8.84. The molecule has 0 N–H and O–H groups in total. The summed E-state index contributed by atoms with van der Waals surface area (Å²) in [6.45, 7) is 0. The van der Waals surface area contributed by atoms with Crippen LogP contribution in [0.15, 0.2) is 65.6 Å². The molecule has 0 saturated carbocycles. The van der Waals surface area contributed by atoms with Crippen molar-refractivity contribution in [3.05, 3.63) is 66.2 Å². The van der Waals surface area contributed by atoms with Crippen LogP contribution in [0, 0.1) is 0 Å². The predicted octanol–water partition coefficient (Wildman–Crippen LogP) is 3.98. The van der Waals surface area contributed by atoms with Crippen LogP contribution >= 0.6 is 11.8 Å². The lowest BCUT2D eigenvalue weighted by molar-refractivity contribution is -0.118. The van der Waals surface area contributed by atoms with E-state index in [-0.39, 0.29) is 0 Å². The fourth-order valence-electron chi connectivity index (χ4n) is 1.71. The quantitative estimate of drug-likeness (QED) is 0.727. The summed E-state index contributed by atoms with van der Waals surface area (Å²) in [4.78, 5) is 13.0. The normalized spacial score (nSPS) is 10.2. The van der Waals surface area contributed by atoms with Gasteiger partial charge in [0.15, 0.2) is 0 Å². The second-order valence-corrected chi connectivity index (χ2v) is 5.28. The van der Waals surface area contributed by atoms with Gasteiger partial charge in [-0.1, -0.05) is 48.5 Å². The number of Topliss-reactive ketones (excluding diaryl/α,β-unsaturated/α-hetero) is 1. The summed E-state index contributed by atoms with van der Waals surface area (Å²) >= 11 is 1.74. The highest BCUT2D eigenvalue weighted by molar-refractivity contribution is 7.99. The third-order valence-electron chi connectivity index (χ3n) is 2.64. The van der Waals surface area contributed by atoms with Gasteiger partial charge in [0.25, 0.3) is 0 Å². The molecule has 0 heterocycles. The van der Waals surface area contributed by atoms with Crippen LogP contribution in [0.4, 0.5) is 0 Å². The Bertz CT molecular complexity index is 479. The van der Waals surface area contributed by atoms with E-state index in [4.69, 9.17) is 0 Å². The molecule has 0 aliphatic carbocycles. The van der Waals surface area contributed by atoms with Crippen molar-refractivity contribution in [1.82, 2.24) is 0 Å². The van der Waals surface area contributed by atoms with Gasteiger partial charge >= 0.3 is 0 Å². The highest BCUT2D eigenvalue weighted by Gasteiger charge is 2.03. The monoisotopic (exact) mass is 256 g/mol. The van der Waals surface area contributed by atoms with Gasteiger partial charge in [-0.2, -0.15) is 0 Å². The Morgan fingerprint density at radius 2 is 1.50 bits per heavy atom. The second-order valence-electron chi connectivity index (χ2n) is 4.11. The lowest BCUT2D eigenvalue weighted by atomic mass is 10.1. The molecule has 0 amide bonds. The minimum Gasteiger partial charge on any atom is -0.299 e. The van der Waals surface area contributed by atoms with Crippen LogP contribution in [0.25, 0.3) is 0 Å². The third-order valence-corrected chi connectivity index (χ3v) is 3.65. The average Bonchev–Trinajstić information content (AvgIpc) is 2.41. The molecule has 18 heavy (non-hydrogen) atoms. The van der Waals surface area contributed by atoms with Crippen molar-refractivity contribution in [2.24, 2.45) is 0 Å². The molecule has 1 nitrogen and oxygen atoms in total. The van der Waals surface area contributed by atoms with E-state index in [9.17, 15) is 4.79 Å². The summed E-state index contributed by atoms with van der Waals surface area (Å²) in [5.41, 5.74) is 1.10. The van der Waals surface area contributed by atoms with Crippen molar-refractivity contribution in [1.29, 1.82) is 0 Å². The van der Waals surface area contributed by atoms with Crippen LogP contribution in [-0.2, 0) is 11.2 Å². The van der Waals surface area contributed by atoms with Crippen molar-refractivity contribution in [2.45, 2.75) is 17.7 Å². The predicted molar refractivity (Wildman–Crippen MR) is 76.9 cm³/mol. The van der Waals surface area contributed by atoms with E-state index in [0.717, 1.165) is 11.3 Å².